The topological polar surface area (TPSA) is 32.5 Å². The van der Waals surface area contributed by atoms with Gasteiger partial charge >= 0.3 is 0 Å². The second kappa shape index (κ2) is 3.95. The lowest BCUT2D eigenvalue weighted by molar-refractivity contribution is 0.0424. The molecule has 0 saturated carbocycles. The van der Waals surface area contributed by atoms with Crippen molar-refractivity contribution in [3.8, 4) is 0 Å². The lowest BCUT2D eigenvalue weighted by atomic mass is 10.1. The van der Waals surface area contributed by atoms with Crippen molar-refractivity contribution in [1.29, 1.82) is 0 Å². The fourth-order valence-electron chi connectivity index (χ4n) is 2.72. The molecule has 2 heterocycles. The van der Waals surface area contributed by atoms with E-state index in [0.29, 0.717) is 0 Å². The maximum atomic E-state index is 5.62. The van der Waals surface area contributed by atoms with Crippen molar-refractivity contribution in [3.63, 3.8) is 0 Å². The Balaban J connectivity index is 1.83. The van der Waals surface area contributed by atoms with Crippen LogP contribution in [0.15, 0.2) is 0 Å². The van der Waals surface area contributed by atoms with Gasteiger partial charge in [-0.2, -0.15) is 0 Å². The number of likely N-dealkylation sites (tertiary alicyclic amines) is 2. The normalized spacial score (nSPS) is 32.3. The second-order valence-electron chi connectivity index (χ2n) is 4.49. The van der Waals surface area contributed by atoms with Gasteiger partial charge in [-0.3, -0.25) is 4.90 Å². The quantitative estimate of drug-likeness (QED) is 0.674. The maximum absolute atomic E-state index is 5.62. The van der Waals surface area contributed by atoms with E-state index in [1.807, 2.05) is 0 Å². The minimum absolute atomic E-state index is 0.795. The first-order valence-corrected chi connectivity index (χ1v) is 5.45. The molecule has 2 aliphatic rings. The monoisotopic (exact) mass is 183 g/mol. The molecule has 0 bridgehead atoms. The first-order valence-electron chi connectivity index (χ1n) is 5.45. The van der Waals surface area contributed by atoms with E-state index in [9.17, 15) is 0 Å². The summed E-state index contributed by atoms with van der Waals surface area (Å²) >= 11 is 0. The van der Waals surface area contributed by atoms with E-state index in [-0.39, 0.29) is 0 Å². The molecule has 3 nitrogen and oxygen atoms in total. The SMILES string of the molecule is CN1CC(N2CCCC2CCN)C1. The van der Waals surface area contributed by atoms with Crippen LogP contribution in [0.4, 0.5) is 0 Å². The lowest BCUT2D eigenvalue weighted by Crippen LogP contribution is -2.59. The summed E-state index contributed by atoms with van der Waals surface area (Å²) < 4.78 is 0. The summed E-state index contributed by atoms with van der Waals surface area (Å²) in [6, 6.07) is 1.63. The molecule has 0 aromatic carbocycles. The third-order valence-electron chi connectivity index (χ3n) is 3.44. The Morgan fingerprint density at radius 1 is 1.38 bits per heavy atom. The van der Waals surface area contributed by atoms with E-state index in [0.717, 1.165) is 18.6 Å². The molecule has 0 amide bonds. The Morgan fingerprint density at radius 3 is 2.77 bits per heavy atom. The molecule has 0 radical (unpaired) electrons. The summed E-state index contributed by atoms with van der Waals surface area (Å²) in [4.78, 5) is 5.08. The number of nitrogens with two attached hydrogens (primary N) is 1. The zero-order chi connectivity index (χ0) is 9.26. The van der Waals surface area contributed by atoms with E-state index < -0.39 is 0 Å². The summed E-state index contributed by atoms with van der Waals surface area (Å²) in [5.74, 6) is 0. The van der Waals surface area contributed by atoms with Gasteiger partial charge in [-0.15, -0.1) is 0 Å². The molecular formula is C10H21N3. The van der Waals surface area contributed by atoms with Crippen molar-refractivity contribution in [2.75, 3.05) is 33.2 Å². The first-order chi connectivity index (χ1) is 6.31. The molecule has 0 aromatic heterocycles. The van der Waals surface area contributed by atoms with Gasteiger partial charge in [0.2, 0.25) is 0 Å². The van der Waals surface area contributed by atoms with Gasteiger partial charge < -0.3 is 10.6 Å². The highest BCUT2D eigenvalue weighted by Crippen LogP contribution is 2.25. The molecule has 76 valence electrons. The average Bonchev–Trinajstić information content (AvgIpc) is 2.48. The van der Waals surface area contributed by atoms with Gasteiger partial charge in [0.05, 0.1) is 0 Å². The fourth-order valence-corrected chi connectivity index (χ4v) is 2.72. The third-order valence-corrected chi connectivity index (χ3v) is 3.44. The van der Waals surface area contributed by atoms with Crippen LogP contribution >= 0.6 is 0 Å². The van der Waals surface area contributed by atoms with Crippen LogP contribution in [0.5, 0.6) is 0 Å². The Bertz CT molecular complexity index is 166. The number of hydrogen-bond donors (Lipinski definition) is 1. The molecule has 13 heavy (non-hydrogen) atoms. The van der Waals surface area contributed by atoms with Crippen molar-refractivity contribution in [2.45, 2.75) is 31.3 Å². The van der Waals surface area contributed by atoms with Crippen LogP contribution < -0.4 is 5.73 Å². The minimum atomic E-state index is 0.795. The summed E-state index contributed by atoms with van der Waals surface area (Å²) in [7, 11) is 2.20. The van der Waals surface area contributed by atoms with Crippen LogP contribution in [0.3, 0.4) is 0 Å². The lowest BCUT2D eigenvalue weighted by Gasteiger charge is -2.44. The highest BCUT2D eigenvalue weighted by atomic mass is 15.3. The fraction of sp³-hybridized carbons (Fsp3) is 1.00. The van der Waals surface area contributed by atoms with Crippen molar-refractivity contribution >= 4 is 0 Å². The Hall–Kier alpha value is -0.120. The molecule has 2 N–H and O–H groups in total. The summed E-state index contributed by atoms with van der Waals surface area (Å²) in [5, 5.41) is 0. The summed E-state index contributed by atoms with van der Waals surface area (Å²) in [6.45, 7) is 4.69. The Labute approximate surface area is 80.9 Å². The smallest absolute Gasteiger partial charge is 0.0353 e. The maximum Gasteiger partial charge on any atom is 0.0353 e. The number of hydrogen-bond acceptors (Lipinski definition) is 3. The molecule has 1 unspecified atom stereocenters. The largest absolute Gasteiger partial charge is 0.330 e. The van der Waals surface area contributed by atoms with Crippen LogP contribution in [-0.2, 0) is 0 Å². The number of likely N-dealkylation sites (N-methyl/N-ethyl adjacent to an activating group) is 1. The molecule has 0 aromatic rings. The van der Waals surface area contributed by atoms with Crippen LogP contribution in [0, 0.1) is 0 Å². The van der Waals surface area contributed by atoms with Gasteiger partial charge in [0.25, 0.3) is 0 Å². The summed E-state index contributed by atoms with van der Waals surface area (Å²) in [6.07, 6.45) is 3.95. The Kier molecular flexibility index (Phi) is 2.86. The first kappa shape index (κ1) is 9.44. The zero-order valence-electron chi connectivity index (χ0n) is 8.58. The molecule has 2 saturated heterocycles. The van der Waals surface area contributed by atoms with Crippen molar-refractivity contribution in [2.24, 2.45) is 5.73 Å². The van der Waals surface area contributed by atoms with E-state index >= 15 is 0 Å². The van der Waals surface area contributed by atoms with Gasteiger partial charge in [-0.1, -0.05) is 0 Å². The molecule has 2 aliphatic heterocycles. The highest BCUT2D eigenvalue weighted by molar-refractivity contribution is 4.92. The van der Waals surface area contributed by atoms with Gasteiger partial charge in [-0.25, -0.2) is 0 Å². The highest BCUT2D eigenvalue weighted by Gasteiger charge is 2.35. The van der Waals surface area contributed by atoms with Crippen LogP contribution in [0.2, 0.25) is 0 Å². The third kappa shape index (κ3) is 1.87. The van der Waals surface area contributed by atoms with Gasteiger partial charge in [0, 0.05) is 25.2 Å². The Morgan fingerprint density at radius 2 is 2.15 bits per heavy atom. The van der Waals surface area contributed by atoms with E-state index in [4.69, 9.17) is 5.73 Å². The van der Waals surface area contributed by atoms with E-state index in [1.54, 1.807) is 0 Å². The number of nitrogens with zero attached hydrogens (tertiary/aromatic N) is 2. The average molecular weight is 183 g/mol. The van der Waals surface area contributed by atoms with Crippen LogP contribution in [-0.4, -0.2) is 55.1 Å². The second-order valence-corrected chi connectivity index (χ2v) is 4.49. The zero-order valence-corrected chi connectivity index (χ0v) is 8.58. The molecule has 2 fully saturated rings. The predicted octanol–water partition coefficient (Wildman–Crippen LogP) is 0.114. The van der Waals surface area contributed by atoms with Gasteiger partial charge in [0.1, 0.15) is 0 Å². The number of rotatable bonds is 3. The molecular weight excluding hydrogens is 162 g/mol. The van der Waals surface area contributed by atoms with Crippen molar-refractivity contribution < 1.29 is 0 Å². The molecule has 1 atom stereocenters. The van der Waals surface area contributed by atoms with E-state index in [2.05, 4.69) is 16.8 Å². The van der Waals surface area contributed by atoms with E-state index in [1.165, 1.54) is 38.9 Å². The molecule has 3 heteroatoms. The van der Waals surface area contributed by atoms with Crippen LogP contribution in [0.1, 0.15) is 19.3 Å². The molecule has 0 aliphatic carbocycles. The predicted molar refractivity (Wildman–Crippen MR) is 54.7 cm³/mol. The van der Waals surface area contributed by atoms with Gasteiger partial charge in [0.15, 0.2) is 0 Å². The summed E-state index contributed by atoms with van der Waals surface area (Å²) in [5.41, 5.74) is 5.62. The van der Waals surface area contributed by atoms with Crippen LogP contribution in [0.25, 0.3) is 0 Å². The minimum Gasteiger partial charge on any atom is -0.330 e. The molecule has 0 spiro atoms. The van der Waals surface area contributed by atoms with Gasteiger partial charge in [-0.05, 0) is 39.4 Å². The standard InChI is InChI=1S/C10H21N3/c1-12-7-10(8-12)13-6-2-3-9(13)4-5-11/h9-10H,2-8,11H2,1H3. The molecule has 2 rings (SSSR count). The van der Waals surface area contributed by atoms with Crippen molar-refractivity contribution in [1.82, 2.24) is 9.80 Å². The van der Waals surface area contributed by atoms with Crippen molar-refractivity contribution in [3.05, 3.63) is 0 Å².